The van der Waals surface area contributed by atoms with E-state index in [-0.39, 0.29) is 18.1 Å². The van der Waals surface area contributed by atoms with E-state index in [2.05, 4.69) is 25.7 Å². The van der Waals surface area contributed by atoms with Crippen molar-refractivity contribution in [1.82, 2.24) is 25.5 Å². The Hall–Kier alpha value is -2.48. The van der Waals surface area contributed by atoms with Gasteiger partial charge in [-0.1, -0.05) is 23.3 Å². The normalized spacial score (nSPS) is 28.0. The molecule has 4 atom stereocenters. The Balaban J connectivity index is 1.53. The second kappa shape index (κ2) is 7.03. The molecule has 0 radical (unpaired) electrons. The fourth-order valence-corrected chi connectivity index (χ4v) is 4.37. The predicted molar refractivity (Wildman–Crippen MR) is 96.0 cm³/mol. The van der Waals surface area contributed by atoms with Crippen LogP contribution in [0.4, 0.5) is 5.95 Å². The lowest BCUT2D eigenvalue weighted by Gasteiger charge is -2.37. The lowest BCUT2D eigenvalue weighted by molar-refractivity contribution is -0.121. The molecule has 0 bridgehead atoms. The van der Waals surface area contributed by atoms with Crippen molar-refractivity contribution in [3.05, 3.63) is 30.3 Å². The van der Waals surface area contributed by atoms with Crippen LogP contribution in [0.25, 0.3) is 5.69 Å². The molecule has 2 aliphatic rings. The minimum absolute atomic E-state index is 0.00151. The summed E-state index contributed by atoms with van der Waals surface area (Å²) in [5, 5.41) is 15.4. The van der Waals surface area contributed by atoms with Crippen molar-refractivity contribution < 1.29 is 9.53 Å². The average Bonchev–Trinajstić information content (AvgIpc) is 3.27. The number of rotatable bonds is 4. The minimum atomic E-state index is -0.00151. The summed E-state index contributed by atoms with van der Waals surface area (Å²) in [6.07, 6.45) is 1.92. The summed E-state index contributed by atoms with van der Waals surface area (Å²) in [5.74, 6) is 1.79. The first kappa shape index (κ1) is 17.0. The van der Waals surface area contributed by atoms with Crippen molar-refractivity contribution in [2.24, 2.45) is 11.8 Å². The molecule has 1 aliphatic carbocycles. The standard InChI is InChI=1S/C18H24N6O2/c1-12(25)19-16-8-13-10-23(11-14(13)9-17(16)26-2)18-20-21-22-24(18)15-6-4-3-5-7-15/h3-7,13-14,16-17H,8-11H2,1-2H3,(H,19,25)/t13-,14+,16-,17-/m1/s1. The number of ether oxygens (including phenoxy) is 1. The molecule has 1 aliphatic heterocycles. The number of hydrogen-bond acceptors (Lipinski definition) is 6. The van der Waals surface area contributed by atoms with Crippen molar-refractivity contribution in [1.29, 1.82) is 0 Å². The number of nitrogens with one attached hydrogen (secondary N) is 1. The van der Waals surface area contributed by atoms with Crippen LogP contribution in [0.1, 0.15) is 19.8 Å². The van der Waals surface area contributed by atoms with E-state index in [4.69, 9.17) is 4.74 Å². The van der Waals surface area contributed by atoms with Gasteiger partial charge in [0.15, 0.2) is 0 Å². The summed E-state index contributed by atoms with van der Waals surface area (Å²) in [7, 11) is 1.72. The summed E-state index contributed by atoms with van der Waals surface area (Å²) < 4.78 is 7.44. The van der Waals surface area contributed by atoms with Crippen LogP contribution < -0.4 is 10.2 Å². The van der Waals surface area contributed by atoms with Gasteiger partial charge in [0.2, 0.25) is 11.9 Å². The molecule has 1 aromatic heterocycles. The molecule has 2 heterocycles. The number of para-hydroxylation sites is 1. The van der Waals surface area contributed by atoms with Crippen LogP contribution in [-0.4, -0.2) is 58.5 Å². The van der Waals surface area contributed by atoms with Gasteiger partial charge >= 0.3 is 0 Å². The summed E-state index contributed by atoms with van der Waals surface area (Å²) in [6, 6.07) is 10.00. The smallest absolute Gasteiger partial charge is 0.250 e. The fourth-order valence-electron chi connectivity index (χ4n) is 4.37. The fraction of sp³-hybridized carbons (Fsp3) is 0.556. The third-order valence-electron chi connectivity index (χ3n) is 5.55. The molecule has 1 N–H and O–H groups in total. The molecule has 4 rings (SSSR count). The molecular weight excluding hydrogens is 332 g/mol. The molecule has 138 valence electrons. The number of fused-ring (bicyclic) bond motifs is 1. The molecule has 1 saturated heterocycles. The van der Waals surface area contributed by atoms with Crippen LogP contribution in [0.2, 0.25) is 0 Å². The maximum atomic E-state index is 11.5. The zero-order valence-corrected chi connectivity index (χ0v) is 15.1. The number of benzene rings is 1. The van der Waals surface area contributed by atoms with Crippen molar-refractivity contribution >= 4 is 11.9 Å². The number of amides is 1. The lowest BCUT2D eigenvalue weighted by Crippen LogP contribution is -2.49. The van der Waals surface area contributed by atoms with Gasteiger partial charge in [-0.3, -0.25) is 4.79 Å². The topological polar surface area (TPSA) is 85.2 Å². The molecular formula is C18H24N6O2. The Kier molecular flexibility index (Phi) is 4.58. The van der Waals surface area contributed by atoms with E-state index in [9.17, 15) is 4.79 Å². The third kappa shape index (κ3) is 3.16. The van der Waals surface area contributed by atoms with Crippen molar-refractivity contribution in [3.63, 3.8) is 0 Å². The molecule has 1 saturated carbocycles. The number of methoxy groups -OCH3 is 1. The molecule has 0 spiro atoms. The highest BCUT2D eigenvalue weighted by molar-refractivity contribution is 5.73. The number of nitrogens with zero attached hydrogens (tertiary/aromatic N) is 5. The zero-order chi connectivity index (χ0) is 18.1. The van der Waals surface area contributed by atoms with E-state index in [0.717, 1.165) is 37.6 Å². The largest absolute Gasteiger partial charge is 0.379 e. The van der Waals surface area contributed by atoms with Gasteiger partial charge in [0, 0.05) is 27.1 Å². The van der Waals surface area contributed by atoms with E-state index >= 15 is 0 Å². The van der Waals surface area contributed by atoms with Gasteiger partial charge in [-0.15, -0.1) is 0 Å². The van der Waals surface area contributed by atoms with E-state index in [1.54, 1.807) is 18.7 Å². The summed E-state index contributed by atoms with van der Waals surface area (Å²) in [4.78, 5) is 13.8. The maximum Gasteiger partial charge on any atom is 0.250 e. The van der Waals surface area contributed by atoms with Gasteiger partial charge in [0.05, 0.1) is 17.8 Å². The quantitative estimate of drug-likeness (QED) is 0.881. The Bertz CT molecular complexity index is 764. The second-order valence-corrected chi connectivity index (χ2v) is 7.20. The maximum absolute atomic E-state index is 11.5. The van der Waals surface area contributed by atoms with Gasteiger partial charge in [-0.2, -0.15) is 4.68 Å². The number of tetrazole rings is 1. The Labute approximate surface area is 152 Å². The van der Waals surface area contributed by atoms with Crippen molar-refractivity contribution in [2.75, 3.05) is 25.1 Å². The molecule has 2 aromatic rings. The lowest BCUT2D eigenvalue weighted by atomic mass is 9.77. The number of carbonyl (C=O) groups excluding carboxylic acids is 1. The van der Waals surface area contributed by atoms with E-state index in [0.29, 0.717) is 11.8 Å². The van der Waals surface area contributed by atoms with E-state index in [1.165, 1.54) is 0 Å². The highest BCUT2D eigenvalue weighted by atomic mass is 16.5. The molecule has 8 nitrogen and oxygen atoms in total. The zero-order valence-electron chi connectivity index (χ0n) is 15.1. The van der Waals surface area contributed by atoms with Crippen LogP contribution >= 0.6 is 0 Å². The molecule has 1 aromatic carbocycles. The van der Waals surface area contributed by atoms with E-state index < -0.39 is 0 Å². The Morgan fingerprint density at radius 2 is 1.92 bits per heavy atom. The first-order valence-corrected chi connectivity index (χ1v) is 9.04. The van der Waals surface area contributed by atoms with Gasteiger partial charge in [0.25, 0.3) is 0 Å². The van der Waals surface area contributed by atoms with E-state index in [1.807, 2.05) is 30.3 Å². The second-order valence-electron chi connectivity index (χ2n) is 7.20. The van der Waals surface area contributed by atoms with Gasteiger partial charge in [0.1, 0.15) is 0 Å². The highest BCUT2D eigenvalue weighted by Gasteiger charge is 2.43. The molecule has 2 fully saturated rings. The summed E-state index contributed by atoms with van der Waals surface area (Å²) >= 11 is 0. The number of hydrogen-bond donors (Lipinski definition) is 1. The SMILES string of the molecule is CO[C@@H]1C[C@H]2CN(c3nnnn3-c3ccccc3)C[C@H]2C[C@H]1NC(C)=O. The van der Waals surface area contributed by atoms with Crippen LogP contribution in [0, 0.1) is 11.8 Å². The summed E-state index contributed by atoms with van der Waals surface area (Å²) in [5.41, 5.74) is 0.952. The molecule has 0 unspecified atom stereocenters. The van der Waals surface area contributed by atoms with Crippen molar-refractivity contribution in [3.8, 4) is 5.69 Å². The minimum Gasteiger partial charge on any atom is -0.379 e. The van der Waals surface area contributed by atoms with Gasteiger partial charge in [-0.05, 0) is 47.2 Å². The van der Waals surface area contributed by atoms with Gasteiger partial charge < -0.3 is 15.0 Å². The first-order valence-electron chi connectivity index (χ1n) is 9.04. The molecule has 1 amide bonds. The molecule has 26 heavy (non-hydrogen) atoms. The van der Waals surface area contributed by atoms with Crippen LogP contribution in [0.5, 0.6) is 0 Å². The Morgan fingerprint density at radius 3 is 2.62 bits per heavy atom. The first-order chi connectivity index (χ1) is 12.7. The number of carbonyl (C=O) groups is 1. The monoisotopic (exact) mass is 356 g/mol. The van der Waals surface area contributed by atoms with Crippen LogP contribution in [0.15, 0.2) is 30.3 Å². The van der Waals surface area contributed by atoms with Crippen LogP contribution in [0.3, 0.4) is 0 Å². The summed E-state index contributed by atoms with van der Waals surface area (Å²) in [6.45, 7) is 3.36. The molecule has 8 heteroatoms. The predicted octanol–water partition coefficient (Wildman–Crippen LogP) is 1.03. The van der Waals surface area contributed by atoms with Crippen molar-refractivity contribution in [2.45, 2.75) is 31.9 Å². The van der Waals surface area contributed by atoms with Crippen LogP contribution in [-0.2, 0) is 9.53 Å². The van der Waals surface area contributed by atoms with Gasteiger partial charge in [-0.25, -0.2) is 0 Å². The Morgan fingerprint density at radius 1 is 1.19 bits per heavy atom. The average molecular weight is 356 g/mol. The third-order valence-corrected chi connectivity index (χ3v) is 5.55. The number of aromatic nitrogens is 4. The highest BCUT2D eigenvalue weighted by Crippen LogP contribution is 2.39. The number of anilines is 1.